The summed E-state index contributed by atoms with van der Waals surface area (Å²) in [5.74, 6) is 1.44. The SMILES string of the molecule is C/C=S(\N)c1cc(C(=O)O)c(N(CCCC)CCCC)cc1Oc1ccc2c(c1)OCO2. The van der Waals surface area contributed by atoms with E-state index >= 15 is 0 Å². The van der Waals surface area contributed by atoms with Crippen molar-refractivity contribution in [3.8, 4) is 23.0 Å². The molecule has 0 fully saturated rings. The molecule has 0 saturated heterocycles. The highest BCUT2D eigenvalue weighted by molar-refractivity contribution is 8.13. The van der Waals surface area contributed by atoms with E-state index in [-0.39, 0.29) is 12.4 Å². The van der Waals surface area contributed by atoms with E-state index in [2.05, 4.69) is 18.7 Å². The quantitative estimate of drug-likeness (QED) is 0.419. The monoisotopic (exact) mass is 460 g/mol. The number of carbonyl (C=O) groups is 1. The topological polar surface area (TPSA) is 94.3 Å². The van der Waals surface area contributed by atoms with Gasteiger partial charge in [0.1, 0.15) is 11.5 Å². The summed E-state index contributed by atoms with van der Waals surface area (Å²) in [5, 5.41) is 18.2. The summed E-state index contributed by atoms with van der Waals surface area (Å²) in [6.07, 6.45) is 4.02. The number of hydrogen-bond donors (Lipinski definition) is 2. The Morgan fingerprint density at radius 3 is 2.47 bits per heavy atom. The average Bonchev–Trinajstić information content (AvgIpc) is 3.26. The molecular weight excluding hydrogens is 428 g/mol. The smallest absolute Gasteiger partial charge is 0.337 e. The average molecular weight is 461 g/mol. The predicted molar refractivity (Wildman–Crippen MR) is 130 cm³/mol. The highest BCUT2D eigenvalue weighted by atomic mass is 32.2. The fourth-order valence-corrected chi connectivity index (χ4v) is 4.33. The standard InChI is InChI=1S/C24H32N2O5S/c1-4-7-11-26(12-8-5-2)19-15-22(23(32(25)6-3)14-18(19)24(27)28)31-17-9-10-20-21(13-17)30-16-29-20/h6,9-10,13-15H,4-5,7-8,11-12,16,25H2,1-3H3,(H,27,28). The number of aromatic carboxylic acids is 1. The van der Waals surface area contributed by atoms with E-state index in [4.69, 9.17) is 19.3 Å². The number of fused-ring (bicyclic) bond motifs is 1. The van der Waals surface area contributed by atoms with Crippen molar-refractivity contribution in [2.24, 2.45) is 5.14 Å². The van der Waals surface area contributed by atoms with Gasteiger partial charge in [-0.1, -0.05) is 37.4 Å². The number of unbranched alkanes of at least 4 members (excludes halogenated alkanes) is 2. The van der Waals surface area contributed by atoms with Crippen LogP contribution in [0.15, 0.2) is 35.2 Å². The lowest BCUT2D eigenvalue weighted by Gasteiger charge is -2.27. The van der Waals surface area contributed by atoms with E-state index in [1.807, 2.05) is 18.4 Å². The van der Waals surface area contributed by atoms with Gasteiger partial charge in [0.15, 0.2) is 11.5 Å². The number of anilines is 1. The number of rotatable bonds is 11. The number of hydrogen-bond acceptors (Lipinski definition) is 6. The summed E-state index contributed by atoms with van der Waals surface area (Å²) >= 11 is 0. The molecule has 1 aliphatic heterocycles. The highest BCUT2D eigenvalue weighted by Crippen LogP contribution is 2.42. The first-order valence-electron chi connectivity index (χ1n) is 11.0. The molecule has 3 N–H and O–H groups in total. The second-order valence-electron chi connectivity index (χ2n) is 7.54. The van der Waals surface area contributed by atoms with Crippen LogP contribution in [0.1, 0.15) is 56.8 Å². The molecule has 3 rings (SSSR count). The van der Waals surface area contributed by atoms with E-state index in [1.165, 1.54) is 0 Å². The fourth-order valence-electron chi connectivity index (χ4n) is 3.49. The van der Waals surface area contributed by atoms with Crippen LogP contribution in [-0.2, 0) is 0 Å². The minimum absolute atomic E-state index is 0.183. The van der Waals surface area contributed by atoms with Crippen LogP contribution in [0.25, 0.3) is 0 Å². The Balaban J connectivity index is 2.08. The van der Waals surface area contributed by atoms with Crippen molar-refractivity contribution in [2.45, 2.75) is 51.3 Å². The van der Waals surface area contributed by atoms with Crippen LogP contribution < -0.4 is 24.2 Å². The Bertz CT molecular complexity index is 985. The minimum Gasteiger partial charge on any atom is -0.478 e. The van der Waals surface area contributed by atoms with Crippen LogP contribution >= 0.6 is 10.7 Å². The number of nitrogens with two attached hydrogens (primary N) is 1. The molecule has 0 saturated carbocycles. The van der Waals surface area contributed by atoms with E-state index in [0.717, 1.165) is 38.8 Å². The minimum atomic E-state index is -0.970. The van der Waals surface area contributed by atoms with E-state index in [9.17, 15) is 9.90 Å². The molecule has 0 aliphatic carbocycles. The molecule has 32 heavy (non-hydrogen) atoms. The van der Waals surface area contributed by atoms with Crippen LogP contribution in [-0.4, -0.2) is 36.3 Å². The van der Waals surface area contributed by atoms with Gasteiger partial charge in [0.25, 0.3) is 0 Å². The summed E-state index contributed by atoms with van der Waals surface area (Å²) in [6, 6.07) is 8.86. The first kappa shape index (κ1) is 23.9. The number of carboxylic acids is 1. The van der Waals surface area contributed by atoms with Gasteiger partial charge in [0.05, 0.1) is 16.1 Å². The van der Waals surface area contributed by atoms with E-state index in [0.29, 0.717) is 33.6 Å². The summed E-state index contributed by atoms with van der Waals surface area (Å²) < 4.78 is 17.1. The fraction of sp³-hybridized carbons (Fsp3) is 0.417. The maximum absolute atomic E-state index is 12.2. The summed E-state index contributed by atoms with van der Waals surface area (Å²) in [5.41, 5.74) is 0.905. The van der Waals surface area contributed by atoms with Crippen LogP contribution in [0.4, 0.5) is 5.69 Å². The Morgan fingerprint density at radius 2 is 1.84 bits per heavy atom. The zero-order valence-corrected chi connectivity index (χ0v) is 19.7. The van der Waals surface area contributed by atoms with Crippen molar-refractivity contribution in [2.75, 3.05) is 24.8 Å². The Hall–Kier alpha value is -2.71. The highest BCUT2D eigenvalue weighted by Gasteiger charge is 2.22. The van der Waals surface area contributed by atoms with Gasteiger partial charge in [-0.25, -0.2) is 4.79 Å². The summed E-state index contributed by atoms with van der Waals surface area (Å²) in [4.78, 5) is 15.0. The van der Waals surface area contributed by atoms with E-state index < -0.39 is 16.6 Å². The second kappa shape index (κ2) is 11.2. The molecule has 0 aromatic heterocycles. The van der Waals surface area contributed by atoms with Crippen molar-refractivity contribution in [3.05, 3.63) is 35.9 Å². The molecule has 1 atom stereocenters. The number of ether oxygens (including phenoxy) is 3. The van der Waals surface area contributed by atoms with Gasteiger partial charge in [-0.15, -0.1) is 0 Å². The third-order valence-corrected chi connectivity index (χ3v) is 6.61. The van der Waals surface area contributed by atoms with Crippen molar-refractivity contribution in [3.63, 3.8) is 0 Å². The number of carboxylic acid groups (broad SMARTS) is 1. The number of nitrogens with zero attached hydrogens (tertiary/aromatic N) is 1. The van der Waals surface area contributed by atoms with Gasteiger partial charge < -0.3 is 24.2 Å². The first-order valence-corrected chi connectivity index (χ1v) is 12.3. The Morgan fingerprint density at radius 1 is 1.16 bits per heavy atom. The summed E-state index contributed by atoms with van der Waals surface area (Å²) in [7, 11) is -0.772. The third kappa shape index (κ3) is 5.55. The van der Waals surface area contributed by atoms with Gasteiger partial charge in [0, 0.05) is 25.2 Å². The molecule has 0 spiro atoms. The van der Waals surface area contributed by atoms with Gasteiger partial charge in [0.2, 0.25) is 6.79 Å². The lowest BCUT2D eigenvalue weighted by atomic mass is 10.1. The molecule has 0 radical (unpaired) electrons. The molecule has 7 nitrogen and oxygen atoms in total. The lowest BCUT2D eigenvalue weighted by Crippen LogP contribution is -2.27. The molecule has 0 amide bonds. The Kier molecular flexibility index (Phi) is 8.41. The van der Waals surface area contributed by atoms with Gasteiger partial charge in [-0.3, -0.25) is 5.14 Å². The second-order valence-corrected chi connectivity index (χ2v) is 9.19. The molecule has 2 aromatic rings. The maximum atomic E-state index is 12.2. The molecular formula is C24H32N2O5S. The van der Waals surface area contributed by atoms with Crippen LogP contribution in [0.2, 0.25) is 0 Å². The van der Waals surface area contributed by atoms with Crippen molar-refractivity contribution in [1.82, 2.24) is 0 Å². The van der Waals surface area contributed by atoms with Crippen LogP contribution in [0, 0.1) is 0 Å². The molecule has 1 heterocycles. The third-order valence-electron chi connectivity index (χ3n) is 5.28. The van der Waals surface area contributed by atoms with Crippen LogP contribution in [0.5, 0.6) is 23.0 Å². The normalized spacial score (nSPS) is 13.2. The zero-order valence-electron chi connectivity index (χ0n) is 18.9. The zero-order chi connectivity index (χ0) is 23.1. The molecule has 1 aliphatic rings. The van der Waals surface area contributed by atoms with Gasteiger partial charge >= 0.3 is 5.97 Å². The lowest BCUT2D eigenvalue weighted by molar-refractivity contribution is 0.0697. The molecule has 8 heteroatoms. The molecule has 1 unspecified atom stereocenters. The molecule has 2 aromatic carbocycles. The maximum Gasteiger partial charge on any atom is 0.337 e. The first-order chi connectivity index (χ1) is 15.5. The van der Waals surface area contributed by atoms with Crippen molar-refractivity contribution < 1.29 is 24.1 Å². The van der Waals surface area contributed by atoms with E-state index in [1.54, 1.807) is 24.3 Å². The molecule has 0 bridgehead atoms. The largest absolute Gasteiger partial charge is 0.478 e. The van der Waals surface area contributed by atoms with Gasteiger partial charge in [-0.2, -0.15) is 0 Å². The number of benzene rings is 2. The summed E-state index contributed by atoms with van der Waals surface area (Å²) in [6.45, 7) is 7.87. The Labute approximate surface area is 192 Å². The van der Waals surface area contributed by atoms with Crippen LogP contribution in [0.3, 0.4) is 0 Å². The van der Waals surface area contributed by atoms with Crippen molar-refractivity contribution >= 4 is 27.7 Å². The molecule has 174 valence electrons. The predicted octanol–water partition coefficient (Wildman–Crippen LogP) is 5.64. The van der Waals surface area contributed by atoms with Gasteiger partial charge in [-0.05, 0) is 43.3 Å². The van der Waals surface area contributed by atoms with Crippen molar-refractivity contribution in [1.29, 1.82) is 0 Å².